The third-order valence-corrected chi connectivity index (χ3v) is 2.41. The van der Waals surface area contributed by atoms with Gasteiger partial charge >= 0.3 is 6.01 Å². The second-order valence-electron chi connectivity index (χ2n) is 3.31. The molecule has 16 heavy (non-hydrogen) atoms. The Labute approximate surface area is 102 Å². The smallest absolute Gasteiger partial charge is 0.321 e. The molecule has 0 unspecified atom stereocenters. The Morgan fingerprint density at radius 2 is 1.94 bits per heavy atom. The summed E-state index contributed by atoms with van der Waals surface area (Å²) in [5.74, 6) is 0.705. The van der Waals surface area contributed by atoms with Gasteiger partial charge in [0.05, 0.1) is 4.47 Å². The van der Waals surface area contributed by atoms with Crippen molar-refractivity contribution in [2.45, 2.75) is 6.92 Å². The predicted molar refractivity (Wildman–Crippen MR) is 65.4 cm³/mol. The highest BCUT2D eigenvalue weighted by Gasteiger charge is 2.03. The predicted octanol–water partition coefficient (Wildman–Crippen LogP) is 2.92. The minimum Gasteiger partial charge on any atom is -0.424 e. The molecule has 2 rings (SSSR count). The molecule has 0 bridgehead atoms. The summed E-state index contributed by atoms with van der Waals surface area (Å²) in [7, 11) is 0. The fourth-order valence-corrected chi connectivity index (χ4v) is 1.44. The van der Waals surface area contributed by atoms with Gasteiger partial charge in [-0.15, -0.1) is 0 Å². The van der Waals surface area contributed by atoms with Gasteiger partial charge in [0.25, 0.3) is 0 Å². The molecule has 5 heteroatoms. The van der Waals surface area contributed by atoms with Crippen molar-refractivity contribution in [3.8, 4) is 11.8 Å². The van der Waals surface area contributed by atoms with Gasteiger partial charge in [-0.05, 0) is 46.6 Å². The average Bonchev–Trinajstić information content (AvgIpc) is 2.25. The molecule has 0 atom stereocenters. The lowest BCUT2D eigenvalue weighted by Gasteiger charge is -2.07. The first kappa shape index (κ1) is 10.9. The van der Waals surface area contributed by atoms with Gasteiger partial charge < -0.3 is 10.5 Å². The SMILES string of the molecule is Cc1cc(N)ccc1Oc1ncc(Br)cn1. The van der Waals surface area contributed by atoms with Gasteiger partial charge in [-0.1, -0.05) is 0 Å². The number of hydrogen-bond acceptors (Lipinski definition) is 4. The highest BCUT2D eigenvalue weighted by Crippen LogP contribution is 2.24. The van der Waals surface area contributed by atoms with Gasteiger partial charge in [0.2, 0.25) is 0 Å². The number of rotatable bonds is 2. The van der Waals surface area contributed by atoms with E-state index in [9.17, 15) is 0 Å². The number of aryl methyl sites for hydroxylation is 1. The minimum atomic E-state index is 0.316. The molecule has 0 spiro atoms. The second-order valence-corrected chi connectivity index (χ2v) is 4.23. The van der Waals surface area contributed by atoms with Crippen LogP contribution in [0.15, 0.2) is 35.1 Å². The van der Waals surface area contributed by atoms with Crippen LogP contribution in [0, 0.1) is 6.92 Å². The molecule has 1 aromatic heterocycles. The van der Waals surface area contributed by atoms with E-state index in [1.807, 2.05) is 13.0 Å². The van der Waals surface area contributed by atoms with Crippen LogP contribution in [-0.4, -0.2) is 9.97 Å². The number of halogens is 1. The zero-order chi connectivity index (χ0) is 11.5. The van der Waals surface area contributed by atoms with Gasteiger partial charge in [0, 0.05) is 18.1 Å². The number of benzene rings is 1. The topological polar surface area (TPSA) is 61.0 Å². The van der Waals surface area contributed by atoms with Crippen LogP contribution in [0.1, 0.15) is 5.56 Å². The summed E-state index contributed by atoms with van der Waals surface area (Å²) in [6.45, 7) is 1.92. The van der Waals surface area contributed by atoms with Crippen LogP contribution >= 0.6 is 15.9 Å². The first-order valence-electron chi connectivity index (χ1n) is 4.66. The number of anilines is 1. The van der Waals surface area contributed by atoms with Crippen LogP contribution in [0.5, 0.6) is 11.8 Å². The van der Waals surface area contributed by atoms with Gasteiger partial charge in [-0.3, -0.25) is 0 Å². The highest BCUT2D eigenvalue weighted by atomic mass is 79.9. The van der Waals surface area contributed by atoms with Crippen molar-refractivity contribution in [1.29, 1.82) is 0 Å². The van der Waals surface area contributed by atoms with Crippen molar-refractivity contribution >= 4 is 21.6 Å². The second kappa shape index (κ2) is 4.49. The fourth-order valence-electron chi connectivity index (χ4n) is 1.24. The molecular weight excluding hydrogens is 270 g/mol. The van der Waals surface area contributed by atoms with Crippen molar-refractivity contribution in [3.05, 3.63) is 40.6 Å². The molecule has 0 aliphatic rings. The van der Waals surface area contributed by atoms with Crippen LogP contribution < -0.4 is 10.5 Å². The van der Waals surface area contributed by atoms with E-state index in [4.69, 9.17) is 10.5 Å². The summed E-state index contributed by atoms with van der Waals surface area (Å²) in [4.78, 5) is 8.05. The lowest BCUT2D eigenvalue weighted by molar-refractivity contribution is 0.438. The quantitative estimate of drug-likeness (QED) is 0.859. The van der Waals surface area contributed by atoms with Crippen molar-refractivity contribution in [3.63, 3.8) is 0 Å². The van der Waals surface area contributed by atoms with Crippen molar-refractivity contribution < 1.29 is 4.74 Å². The van der Waals surface area contributed by atoms with E-state index in [1.165, 1.54) is 0 Å². The first-order valence-corrected chi connectivity index (χ1v) is 5.46. The number of nitrogens with two attached hydrogens (primary N) is 1. The summed E-state index contributed by atoms with van der Waals surface area (Å²) in [6.07, 6.45) is 3.27. The molecule has 82 valence electrons. The molecule has 0 aliphatic carbocycles. The van der Waals surface area contributed by atoms with Crippen LogP contribution in [0.2, 0.25) is 0 Å². The molecule has 0 saturated carbocycles. The third-order valence-electron chi connectivity index (χ3n) is 2.00. The number of ether oxygens (including phenoxy) is 1. The molecule has 2 aromatic rings. The summed E-state index contributed by atoms with van der Waals surface area (Å²) in [5, 5.41) is 0. The molecular formula is C11H10BrN3O. The lowest BCUT2D eigenvalue weighted by atomic mass is 10.2. The zero-order valence-electron chi connectivity index (χ0n) is 8.64. The Bertz CT molecular complexity index is 499. The van der Waals surface area contributed by atoms with Crippen molar-refractivity contribution in [2.24, 2.45) is 0 Å². The van der Waals surface area contributed by atoms with Crippen LogP contribution in [-0.2, 0) is 0 Å². The summed E-state index contributed by atoms with van der Waals surface area (Å²) in [5.41, 5.74) is 7.31. The Hall–Kier alpha value is -1.62. The summed E-state index contributed by atoms with van der Waals surface area (Å²) in [6, 6.07) is 5.74. The van der Waals surface area contributed by atoms with E-state index >= 15 is 0 Å². The normalized spacial score (nSPS) is 10.1. The number of hydrogen-bond donors (Lipinski definition) is 1. The molecule has 1 heterocycles. The molecule has 0 aliphatic heterocycles. The molecule has 1 aromatic carbocycles. The lowest BCUT2D eigenvalue weighted by Crippen LogP contribution is -1.94. The Morgan fingerprint density at radius 3 is 2.56 bits per heavy atom. The summed E-state index contributed by atoms with van der Waals surface area (Å²) >= 11 is 3.26. The third kappa shape index (κ3) is 2.49. The van der Waals surface area contributed by atoms with Crippen LogP contribution in [0.25, 0.3) is 0 Å². The van der Waals surface area contributed by atoms with Crippen molar-refractivity contribution in [1.82, 2.24) is 9.97 Å². The van der Waals surface area contributed by atoms with E-state index in [2.05, 4.69) is 25.9 Å². The maximum absolute atomic E-state index is 5.65. The Kier molecular flexibility index (Phi) is 3.05. The van der Waals surface area contributed by atoms with Crippen molar-refractivity contribution in [2.75, 3.05) is 5.73 Å². The molecule has 0 saturated heterocycles. The Balaban J connectivity index is 2.23. The van der Waals surface area contributed by atoms with Gasteiger partial charge in [-0.25, -0.2) is 9.97 Å². The highest BCUT2D eigenvalue weighted by molar-refractivity contribution is 9.10. The molecule has 4 nitrogen and oxygen atoms in total. The molecule has 0 amide bonds. The van der Waals surface area contributed by atoms with Crippen LogP contribution in [0.3, 0.4) is 0 Å². The molecule has 0 fully saturated rings. The van der Waals surface area contributed by atoms with Gasteiger partial charge in [0.1, 0.15) is 5.75 Å². The maximum Gasteiger partial charge on any atom is 0.321 e. The van der Waals surface area contributed by atoms with E-state index < -0.39 is 0 Å². The number of aromatic nitrogens is 2. The fraction of sp³-hybridized carbons (Fsp3) is 0.0909. The van der Waals surface area contributed by atoms with E-state index in [0.717, 1.165) is 10.0 Å². The number of nitrogen functional groups attached to an aromatic ring is 1. The van der Waals surface area contributed by atoms with E-state index in [0.29, 0.717) is 17.4 Å². The summed E-state index contributed by atoms with van der Waals surface area (Å²) < 4.78 is 6.33. The number of nitrogens with zero attached hydrogens (tertiary/aromatic N) is 2. The van der Waals surface area contributed by atoms with Crippen LogP contribution in [0.4, 0.5) is 5.69 Å². The monoisotopic (exact) mass is 279 g/mol. The minimum absolute atomic E-state index is 0.316. The zero-order valence-corrected chi connectivity index (χ0v) is 10.2. The Morgan fingerprint density at radius 1 is 1.25 bits per heavy atom. The molecule has 0 radical (unpaired) electrons. The average molecular weight is 280 g/mol. The van der Waals surface area contributed by atoms with Gasteiger partial charge in [-0.2, -0.15) is 0 Å². The standard InChI is InChI=1S/C11H10BrN3O/c1-7-4-9(13)2-3-10(7)16-11-14-5-8(12)6-15-11/h2-6H,13H2,1H3. The van der Waals surface area contributed by atoms with E-state index in [-0.39, 0.29) is 0 Å². The first-order chi connectivity index (χ1) is 7.65. The largest absolute Gasteiger partial charge is 0.424 e. The molecule has 2 N–H and O–H groups in total. The maximum atomic E-state index is 5.65. The van der Waals surface area contributed by atoms with E-state index in [1.54, 1.807) is 24.5 Å². The van der Waals surface area contributed by atoms with Gasteiger partial charge in [0.15, 0.2) is 0 Å².